The number of amides is 1. The van der Waals surface area contributed by atoms with Crippen molar-refractivity contribution in [3.8, 4) is 5.75 Å². The van der Waals surface area contributed by atoms with E-state index < -0.39 is 17.6 Å². The zero-order valence-corrected chi connectivity index (χ0v) is 25.9. The van der Waals surface area contributed by atoms with Gasteiger partial charge in [-0.1, -0.05) is 18.2 Å². The zero-order valence-electron chi connectivity index (χ0n) is 24.3. The largest absolute Gasteiger partial charge is 0.497 e. The van der Waals surface area contributed by atoms with Gasteiger partial charge in [-0.3, -0.25) is 14.6 Å². The van der Waals surface area contributed by atoms with Crippen LogP contribution in [0.15, 0.2) is 48.7 Å². The Hall–Kier alpha value is -2.54. The Morgan fingerprint density at radius 2 is 1.77 bits per heavy atom. The molecule has 1 amide bonds. The molecule has 8 nitrogen and oxygen atoms in total. The summed E-state index contributed by atoms with van der Waals surface area (Å²) >= 11 is 0. The second-order valence-electron chi connectivity index (χ2n) is 10.7. The molecule has 2 aliphatic heterocycles. The molecule has 1 N–H and O–H groups in total. The average molecular weight is 648 g/mol. The number of nitrogens with one attached hydrogen (secondary N) is 1. The number of methoxy groups -OCH3 is 2. The summed E-state index contributed by atoms with van der Waals surface area (Å²) < 4.78 is 57.0. The zero-order chi connectivity index (χ0) is 29.0. The van der Waals surface area contributed by atoms with Crippen LogP contribution in [0.3, 0.4) is 0 Å². The molecule has 2 atom stereocenters. The molecule has 0 spiro atoms. The molecule has 2 fully saturated rings. The minimum absolute atomic E-state index is 0. The van der Waals surface area contributed by atoms with E-state index in [4.69, 9.17) is 14.2 Å². The summed E-state index contributed by atoms with van der Waals surface area (Å²) in [5.41, 5.74) is 1.16. The van der Waals surface area contributed by atoms with Crippen molar-refractivity contribution in [1.82, 2.24) is 19.7 Å². The van der Waals surface area contributed by atoms with Crippen LogP contribution in [0.5, 0.6) is 5.75 Å². The minimum Gasteiger partial charge on any atom is -0.497 e. The van der Waals surface area contributed by atoms with E-state index in [9.17, 15) is 18.0 Å². The predicted molar refractivity (Wildman–Crippen MR) is 164 cm³/mol. The van der Waals surface area contributed by atoms with Crippen LogP contribution in [0.2, 0.25) is 0 Å². The topological polar surface area (TPSA) is 70.3 Å². The van der Waals surface area contributed by atoms with Crippen LogP contribution in [-0.2, 0) is 22.1 Å². The van der Waals surface area contributed by atoms with Gasteiger partial charge in [-0.15, -0.1) is 24.8 Å². The number of H-pyrrole nitrogens is 1. The van der Waals surface area contributed by atoms with E-state index in [2.05, 4.69) is 14.8 Å². The molecule has 1 aromatic heterocycles. The van der Waals surface area contributed by atoms with E-state index in [-0.39, 0.29) is 48.3 Å². The molecule has 2 aromatic carbocycles. The number of hydrogen-bond donors (Lipinski definition) is 1. The molecule has 43 heavy (non-hydrogen) atoms. The van der Waals surface area contributed by atoms with Gasteiger partial charge in [0.15, 0.2) is 0 Å². The Balaban J connectivity index is 0.00000253. The third-order valence-electron chi connectivity index (χ3n) is 7.98. The number of morpholine rings is 1. The van der Waals surface area contributed by atoms with Crippen molar-refractivity contribution >= 4 is 41.6 Å². The smallest absolute Gasteiger partial charge is 0.416 e. The highest BCUT2D eigenvalue weighted by atomic mass is 35.5. The summed E-state index contributed by atoms with van der Waals surface area (Å²) in [6.45, 7) is 6.25. The Morgan fingerprint density at radius 1 is 1.02 bits per heavy atom. The SMILES string of the molecule is COC[C@H]1CN(CCN2CCN(C(=O)c3cc(OC)cc(C(F)(F)F)c3)[C@H](Cc3c[nH]c4ccccc34)C2)CCO1.Cl.Cl. The molecule has 3 heterocycles. The number of carbonyl (C=O) groups is 1. The number of rotatable bonds is 9. The van der Waals surface area contributed by atoms with E-state index in [0.717, 1.165) is 54.8 Å². The van der Waals surface area contributed by atoms with Crippen LogP contribution in [0, 0.1) is 0 Å². The lowest BCUT2D eigenvalue weighted by Crippen LogP contribution is -2.57. The van der Waals surface area contributed by atoms with E-state index in [1.165, 1.54) is 13.2 Å². The lowest BCUT2D eigenvalue weighted by molar-refractivity contribution is -0.137. The molecule has 0 unspecified atom stereocenters. The second-order valence-corrected chi connectivity index (χ2v) is 10.7. The molecule has 13 heteroatoms. The monoisotopic (exact) mass is 646 g/mol. The third kappa shape index (κ3) is 8.55. The lowest BCUT2D eigenvalue weighted by Gasteiger charge is -2.42. The molecule has 5 rings (SSSR count). The fraction of sp³-hybridized carbons (Fsp3) is 0.500. The first-order chi connectivity index (χ1) is 19.7. The maximum atomic E-state index is 13.8. The molecular weight excluding hydrogens is 608 g/mol. The van der Waals surface area contributed by atoms with E-state index in [0.29, 0.717) is 39.3 Å². The highest BCUT2D eigenvalue weighted by Gasteiger charge is 2.35. The van der Waals surface area contributed by atoms with E-state index in [1.807, 2.05) is 30.5 Å². The summed E-state index contributed by atoms with van der Waals surface area (Å²) in [5, 5.41) is 1.08. The molecule has 0 aliphatic carbocycles. The van der Waals surface area contributed by atoms with Crippen molar-refractivity contribution in [1.29, 1.82) is 0 Å². The van der Waals surface area contributed by atoms with Gasteiger partial charge < -0.3 is 24.1 Å². The van der Waals surface area contributed by atoms with Crippen LogP contribution in [0.25, 0.3) is 10.9 Å². The van der Waals surface area contributed by atoms with Crippen LogP contribution in [-0.4, -0.2) is 111 Å². The highest BCUT2D eigenvalue weighted by Crippen LogP contribution is 2.33. The Bertz CT molecular complexity index is 1340. The second kappa shape index (κ2) is 15.5. The number of carbonyl (C=O) groups excluding carboxylic acids is 1. The van der Waals surface area contributed by atoms with Crippen molar-refractivity contribution < 1.29 is 32.2 Å². The van der Waals surface area contributed by atoms with E-state index >= 15 is 0 Å². The number of halogens is 5. The third-order valence-corrected chi connectivity index (χ3v) is 7.98. The summed E-state index contributed by atoms with van der Waals surface area (Å²) in [4.78, 5) is 23.5. The minimum atomic E-state index is -4.59. The number of fused-ring (bicyclic) bond motifs is 1. The van der Waals surface area contributed by atoms with Crippen molar-refractivity contribution in [2.45, 2.75) is 24.7 Å². The number of piperazine rings is 1. The van der Waals surface area contributed by atoms with Crippen molar-refractivity contribution in [2.24, 2.45) is 0 Å². The number of nitrogens with zero attached hydrogens (tertiary/aromatic N) is 3. The van der Waals surface area contributed by atoms with Gasteiger partial charge >= 0.3 is 6.18 Å². The van der Waals surface area contributed by atoms with Gasteiger partial charge in [0, 0.05) is 81.6 Å². The first kappa shape index (κ1) is 34.9. The maximum Gasteiger partial charge on any atom is 0.416 e. The fourth-order valence-electron chi connectivity index (χ4n) is 5.84. The van der Waals surface area contributed by atoms with Gasteiger partial charge in [0.05, 0.1) is 32.0 Å². The maximum absolute atomic E-state index is 13.8. The summed E-state index contributed by atoms with van der Waals surface area (Å²) in [7, 11) is 2.97. The molecule has 0 saturated carbocycles. The molecule has 0 bridgehead atoms. The molecule has 0 radical (unpaired) electrons. The van der Waals surface area contributed by atoms with Crippen molar-refractivity contribution in [3.63, 3.8) is 0 Å². The molecule has 2 saturated heterocycles. The molecule has 2 aliphatic rings. The Morgan fingerprint density at radius 3 is 2.49 bits per heavy atom. The van der Waals surface area contributed by atoms with Crippen LogP contribution in [0.4, 0.5) is 13.2 Å². The van der Waals surface area contributed by atoms with Gasteiger partial charge in [0.1, 0.15) is 5.75 Å². The van der Waals surface area contributed by atoms with Gasteiger partial charge in [0.25, 0.3) is 5.91 Å². The number of para-hydroxylation sites is 1. The van der Waals surface area contributed by atoms with Crippen LogP contribution < -0.4 is 4.74 Å². The van der Waals surface area contributed by atoms with Crippen LogP contribution in [0.1, 0.15) is 21.5 Å². The van der Waals surface area contributed by atoms with Gasteiger partial charge in [-0.25, -0.2) is 0 Å². The number of hydrogen-bond acceptors (Lipinski definition) is 6. The first-order valence-corrected chi connectivity index (χ1v) is 13.9. The number of aromatic amines is 1. The number of ether oxygens (including phenoxy) is 3. The normalized spacial score (nSPS) is 20.0. The standard InChI is InChI=1S/C30H37F3N4O4.2ClH/c1-39-20-26-19-36(11-12-41-26)8-7-35-9-10-37(24(18-35)14-22-17-34-28-6-4-3-5-27(22)28)29(38)21-13-23(30(31,32)33)16-25(15-21)40-2;;/h3-6,13,15-17,24,26,34H,7-12,14,18-20H2,1-2H3;2*1H/t24-,26-;;/m1../s1. The number of aromatic nitrogens is 1. The fourth-order valence-corrected chi connectivity index (χ4v) is 5.84. The number of benzene rings is 2. The molecule has 238 valence electrons. The molecule has 3 aromatic rings. The summed E-state index contributed by atoms with van der Waals surface area (Å²) in [5.74, 6) is -0.415. The molecular formula is C30H39Cl2F3N4O4. The summed E-state index contributed by atoms with van der Waals surface area (Å²) in [6.07, 6.45) is -1.99. The van der Waals surface area contributed by atoms with Crippen molar-refractivity contribution in [3.05, 3.63) is 65.4 Å². The Labute approximate surface area is 262 Å². The first-order valence-electron chi connectivity index (χ1n) is 13.9. The van der Waals surface area contributed by atoms with Crippen molar-refractivity contribution in [2.75, 3.05) is 73.2 Å². The summed E-state index contributed by atoms with van der Waals surface area (Å²) in [6, 6.07) is 11.0. The van der Waals surface area contributed by atoms with E-state index in [1.54, 1.807) is 12.0 Å². The Kier molecular flexibility index (Phi) is 12.6. The van der Waals surface area contributed by atoms with Crippen LogP contribution >= 0.6 is 24.8 Å². The van der Waals surface area contributed by atoms with Gasteiger partial charge in [-0.05, 0) is 36.2 Å². The lowest BCUT2D eigenvalue weighted by atomic mass is 9.99. The highest BCUT2D eigenvalue weighted by molar-refractivity contribution is 5.95. The predicted octanol–water partition coefficient (Wildman–Crippen LogP) is 4.76. The quantitative estimate of drug-likeness (QED) is 0.362. The van der Waals surface area contributed by atoms with Gasteiger partial charge in [-0.2, -0.15) is 13.2 Å². The van der Waals surface area contributed by atoms with Gasteiger partial charge in [0.2, 0.25) is 0 Å². The average Bonchev–Trinajstić information content (AvgIpc) is 3.38. The number of alkyl halides is 3.